The van der Waals surface area contributed by atoms with Crippen molar-refractivity contribution in [1.29, 1.82) is 0 Å². The van der Waals surface area contributed by atoms with Crippen LogP contribution in [0.3, 0.4) is 0 Å². The Hall–Kier alpha value is -3.59. The average Bonchev–Trinajstić information content (AvgIpc) is 2.94. The van der Waals surface area contributed by atoms with E-state index in [-0.39, 0.29) is 17.4 Å². The Morgan fingerprint density at radius 1 is 1.17 bits per heavy atom. The number of hydrogen-bond donors (Lipinski definition) is 2. The molecule has 0 unspecified atom stereocenters. The molecule has 1 saturated heterocycles. The van der Waals surface area contributed by atoms with E-state index >= 15 is 0 Å². The van der Waals surface area contributed by atoms with Gasteiger partial charge in [0, 0.05) is 5.69 Å². The molecule has 30 heavy (non-hydrogen) atoms. The number of rotatable bonds is 7. The Kier molecular flexibility index (Phi) is 6.53. The van der Waals surface area contributed by atoms with Gasteiger partial charge in [0.25, 0.3) is 17.1 Å². The summed E-state index contributed by atoms with van der Waals surface area (Å²) < 4.78 is 5.53. The van der Waals surface area contributed by atoms with Crippen molar-refractivity contribution in [2.45, 2.75) is 6.92 Å². The molecule has 8 nitrogen and oxygen atoms in total. The van der Waals surface area contributed by atoms with E-state index < -0.39 is 23.6 Å². The molecule has 0 atom stereocenters. The van der Waals surface area contributed by atoms with E-state index in [2.05, 4.69) is 5.32 Å². The van der Waals surface area contributed by atoms with Crippen molar-refractivity contribution in [1.82, 2.24) is 4.90 Å². The maximum atomic E-state index is 12.3. The molecule has 3 rings (SSSR count). The number of primary amides is 1. The lowest BCUT2D eigenvalue weighted by molar-refractivity contribution is -0.127. The normalized spacial score (nSPS) is 14.8. The SMILES string of the molecule is Cc1cccc(NC(=O)COc2cccc(/C=C3\SC(=O)N(CC(N)=O)C3=O)c2)c1. The van der Waals surface area contributed by atoms with Gasteiger partial charge < -0.3 is 15.8 Å². The molecule has 0 bridgehead atoms. The lowest BCUT2D eigenvalue weighted by atomic mass is 10.2. The number of benzene rings is 2. The topological polar surface area (TPSA) is 119 Å². The molecule has 1 aliphatic heterocycles. The fourth-order valence-corrected chi connectivity index (χ4v) is 3.54. The zero-order chi connectivity index (χ0) is 21.7. The monoisotopic (exact) mass is 425 g/mol. The Bertz CT molecular complexity index is 1050. The van der Waals surface area contributed by atoms with E-state index in [4.69, 9.17) is 10.5 Å². The minimum atomic E-state index is -0.766. The van der Waals surface area contributed by atoms with Crippen LogP contribution >= 0.6 is 11.8 Å². The molecule has 3 N–H and O–H groups in total. The second kappa shape index (κ2) is 9.27. The van der Waals surface area contributed by atoms with Crippen LogP contribution in [0.15, 0.2) is 53.4 Å². The van der Waals surface area contributed by atoms with Crippen LogP contribution < -0.4 is 15.8 Å². The van der Waals surface area contributed by atoms with Gasteiger partial charge in [0.1, 0.15) is 12.3 Å². The highest BCUT2D eigenvalue weighted by Gasteiger charge is 2.35. The molecule has 0 radical (unpaired) electrons. The fourth-order valence-electron chi connectivity index (χ4n) is 2.71. The summed E-state index contributed by atoms with van der Waals surface area (Å²) in [6, 6.07) is 14.2. The molecule has 1 fully saturated rings. The van der Waals surface area contributed by atoms with Crippen LogP contribution in [0.5, 0.6) is 5.75 Å². The van der Waals surface area contributed by atoms with Crippen molar-refractivity contribution in [3.8, 4) is 5.75 Å². The first-order valence-corrected chi connectivity index (χ1v) is 9.76. The number of nitrogens with one attached hydrogen (secondary N) is 1. The van der Waals surface area contributed by atoms with Crippen molar-refractivity contribution in [3.63, 3.8) is 0 Å². The smallest absolute Gasteiger partial charge is 0.294 e. The molecule has 2 aromatic carbocycles. The molecule has 1 aliphatic rings. The van der Waals surface area contributed by atoms with Crippen LogP contribution in [0.2, 0.25) is 0 Å². The van der Waals surface area contributed by atoms with Gasteiger partial charge in [-0.2, -0.15) is 0 Å². The van der Waals surface area contributed by atoms with E-state index in [1.54, 1.807) is 30.3 Å². The van der Waals surface area contributed by atoms with Crippen LogP contribution in [-0.2, 0) is 14.4 Å². The zero-order valence-corrected chi connectivity index (χ0v) is 16.9. The number of ether oxygens (including phenoxy) is 1. The first kappa shape index (κ1) is 21.1. The summed E-state index contributed by atoms with van der Waals surface area (Å²) in [6.45, 7) is 1.29. The van der Waals surface area contributed by atoms with Gasteiger partial charge in [0.05, 0.1) is 4.91 Å². The van der Waals surface area contributed by atoms with E-state index in [1.165, 1.54) is 6.08 Å². The molecule has 154 valence electrons. The number of hydrogen-bond acceptors (Lipinski definition) is 6. The zero-order valence-electron chi connectivity index (χ0n) is 16.1. The maximum Gasteiger partial charge on any atom is 0.294 e. The summed E-state index contributed by atoms with van der Waals surface area (Å²) >= 11 is 0.731. The van der Waals surface area contributed by atoms with Crippen LogP contribution in [0.25, 0.3) is 6.08 Å². The molecule has 0 spiro atoms. The summed E-state index contributed by atoms with van der Waals surface area (Å²) in [7, 11) is 0. The highest BCUT2D eigenvalue weighted by Crippen LogP contribution is 2.32. The molecule has 2 aromatic rings. The van der Waals surface area contributed by atoms with Gasteiger partial charge in [-0.15, -0.1) is 0 Å². The number of anilines is 1. The minimum Gasteiger partial charge on any atom is -0.484 e. The highest BCUT2D eigenvalue weighted by molar-refractivity contribution is 8.18. The van der Waals surface area contributed by atoms with Crippen molar-refractivity contribution >= 4 is 46.5 Å². The number of carbonyl (C=O) groups is 4. The van der Waals surface area contributed by atoms with E-state index in [0.717, 1.165) is 22.2 Å². The second-order valence-corrected chi connectivity index (χ2v) is 7.51. The lowest BCUT2D eigenvalue weighted by Crippen LogP contribution is -2.36. The molecule has 0 aromatic heterocycles. The third-order valence-electron chi connectivity index (χ3n) is 4.02. The largest absolute Gasteiger partial charge is 0.484 e. The van der Waals surface area contributed by atoms with Crippen LogP contribution in [-0.4, -0.2) is 41.0 Å². The minimum absolute atomic E-state index is 0.176. The Balaban J connectivity index is 1.63. The van der Waals surface area contributed by atoms with Crippen LogP contribution in [0.1, 0.15) is 11.1 Å². The van der Waals surface area contributed by atoms with Gasteiger partial charge in [-0.1, -0.05) is 24.3 Å². The van der Waals surface area contributed by atoms with Gasteiger partial charge in [-0.3, -0.25) is 24.1 Å². The van der Waals surface area contributed by atoms with Crippen LogP contribution in [0.4, 0.5) is 10.5 Å². The predicted molar refractivity (Wildman–Crippen MR) is 114 cm³/mol. The summed E-state index contributed by atoms with van der Waals surface area (Å²) in [5.74, 6) is -1.22. The average molecular weight is 425 g/mol. The molecule has 9 heteroatoms. The molecule has 1 heterocycles. The quantitative estimate of drug-likeness (QED) is 0.658. The van der Waals surface area contributed by atoms with Crippen molar-refractivity contribution < 1.29 is 23.9 Å². The standard InChI is InChI=1S/C21H19N3O5S/c1-13-4-2-6-15(8-13)23-19(26)12-29-16-7-3-5-14(9-16)10-17-20(27)24(11-18(22)25)21(28)30-17/h2-10H,11-12H2,1H3,(H2,22,25)(H,23,26)/b17-10-. The molecule has 0 aliphatic carbocycles. The first-order chi connectivity index (χ1) is 14.3. The van der Waals surface area contributed by atoms with Gasteiger partial charge in [-0.25, -0.2) is 0 Å². The van der Waals surface area contributed by atoms with Gasteiger partial charge in [-0.05, 0) is 60.2 Å². The third kappa shape index (κ3) is 5.48. The number of nitrogens with zero attached hydrogens (tertiary/aromatic N) is 1. The molecular weight excluding hydrogens is 406 g/mol. The Morgan fingerprint density at radius 3 is 2.67 bits per heavy atom. The molecular formula is C21H19N3O5S. The maximum absolute atomic E-state index is 12.3. The van der Waals surface area contributed by atoms with Crippen molar-refractivity contribution in [3.05, 3.63) is 64.6 Å². The lowest BCUT2D eigenvalue weighted by Gasteiger charge is -2.09. The number of thioether (sulfide) groups is 1. The third-order valence-corrected chi connectivity index (χ3v) is 4.92. The summed E-state index contributed by atoms with van der Waals surface area (Å²) in [5, 5.41) is 2.20. The van der Waals surface area contributed by atoms with E-state index in [1.807, 2.05) is 25.1 Å². The number of amides is 4. The number of aryl methyl sites for hydroxylation is 1. The highest BCUT2D eigenvalue weighted by atomic mass is 32.2. The Labute approximate surface area is 177 Å². The Morgan fingerprint density at radius 2 is 1.93 bits per heavy atom. The van der Waals surface area contributed by atoms with Gasteiger partial charge in [0.2, 0.25) is 5.91 Å². The predicted octanol–water partition coefficient (Wildman–Crippen LogP) is 2.53. The van der Waals surface area contributed by atoms with Gasteiger partial charge in [0.15, 0.2) is 6.61 Å². The summed E-state index contributed by atoms with van der Waals surface area (Å²) in [4.78, 5) is 48.2. The number of carbonyl (C=O) groups excluding carboxylic acids is 4. The second-order valence-electron chi connectivity index (χ2n) is 6.51. The first-order valence-electron chi connectivity index (χ1n) is 8.95. The number of imide groups is 1. The van der Waals surface area contributed by atoms with Crippen LogP contribution in [0, 0.1) is 6.92 Å². The summed E-state index contributed by atoms with van der Waals surface area (Å²) in [6.07, 6.45) is 1.52. The summed E-state index contributed by atoms with van der Waals surface area (Å²) in [5.41, 5.74) is 7.39. The molecule has 0 saturated carbocycles. The molecule has 4 amide bonds. The number of nitrogens with two attached hydrogens (primary N) is 1. The van der Waals surface area contributed by atoms with E-state index in [9.17, 15) is 19.2 Å². The van der Waals surface area contributed by atoms with Crippen molar-refractivity contribution in [2.75, 3.05) is 18.5 Å². The van der Waals surface area contributed by atoms with E-state index in [0.29, 0.717) is 17.0 Å². The van der Waals surface area contributed by atoms with Crippen molar-refractivity contribution in [2.24, 2.45) is 5.73 Å². The van der Waals surface area contributed by atoms with Gasteiger partial charge >= 0.3 is 0 Å². The fraction of sp³-hybridized carbons (Fsp3) is 0.143.